The second kappa shape index (κ2) is 16.8. The average Bonchev–Trinajstić information content (AvgIpc) is 2.48. The van der Waals surface area contributed by atoms with E-state index in [9.17, 15) is 0 Å². The molecule has 0 saturated carbocycles. The van der Waals surface area contributed by atoms with E-state index in [0.29, 0.717) is 0 Å². The Morgan fingerprint density at radius 1 is 0.636 bits per heavy atom. The van der Waals surface area contributed by atoms with E-state index in [1.807, 2.05) is 0 Å². The van der Waals surface area contributed by atoms with Gasteiger partial charge >= 0.3 is 0 Å². The summed E-state index contributed by atoms with van der Waals surface area (Å²) >= 11 is 0. The van der Waals surface area contributed by atoms with Crippen molar-refractivity contribution < 1.29 is 0 Å². The standard InChI is InChI=1S/C22H42/c1-5-6-7-8-9-10-11-12-13-16-19-22(4)20-17-14-15-18-21(2)3/h9-10,12-13,21-22H,5-8,11,14-20H2,1-4H3. The quantitative estimate of drug-likeness (QED) is 0.212. The molecule has 0 aromatic carbocycles. The van der Waals surface area contributed by atoms with Gasteiger partial charge in [0, 0.05) is 0 Å². The normalized spacial score (nSPS) is 13.7. The molecule has 0 aliphatic carbocycles. The van der Waals surface area contributed by atoms with Crippen LogP contribution < -0.4 is 0 Å². The molecule has 0 aromatic rings. The molecule has 0 fully saturated rings. The van der Waals surface area contributed by atoms with Crippen molar-refractivity contribution in [1.29, 1.82) is 0 Å². The Morgan fingerprint density at radius 3 is 2.00 bits per heavy atom. The first-order valence-electron chi connectivity index (χ1n) is 9.96. The fourth-order valence-corrected chi connectivity index (χ4v) is 2.77. The summed E-state index contributed by atoms with van der Waals surface area (Å²) in [5, 5.41) is 0. The summed E-state index contributed by atoms with van der Waals surface area (Å²) in [4.78, 5) is 0. The molecule has 0 N–H and O–H groups in total. The predicted molar refractivity (Wildman–Crippen MR) is 103 cm³/mol. The predicted octanol–water partition coefficient (Wildman–Crippen LogP) is 8.09. The minimum atomic E-state index is 0.878. The monoisotopic (exact) mass is 306 g/mol. The highest BCUT2D eigenvalue weighted by molar-refractivity contribution is 4.92. The molecule has 0 saturated heterocycles. The molecule has 130 valence electrons. The zero-order chi connectivity index (χ0) is 16.5. The number of rotatable bonds is 15. The zero-order valence-electron chi connectivity index (χ0n) is 15.9. The van der Waals surface area contributed by atoms with Crippen molar-refractivity contribution in [2.24, 2.45) is 11.8 Å². The second-order valence-corrected chi connectivity index (χ2v) is 7.39. The fraction of sp³-hybridized carbons (Fsp3) is 0.818. The number of unbranched alkanes of at least 4 members (excludes halogenated alkanes) is 5. The van der Waals surface area contributed by atoms with Gasteiger partial charge in [-0.15, -0.1) is 0 Å². The van der Waals surface area contributed by atoms with Crippen molar-refractivity contribution in [3.05, 3.63) is 24.3 Å². The van der Waals surface area contributed by atoms with Gasteiger partial charge in [0.25, 0.3) is 0 Å². The van der Waals surface area contributed by atoms with E-state index in [2.05, 4.69) is 52.0 Å². The van der Waals surface area contributed by atoms with Crippen molar-refractivity contribution in [1.82, 2.24) is 0 Å². The van der Waals surface area contributed by atoms with Crippen LogP contribution in [0.5, 0.6) is 0 Å². The molecule has 0 aliphatic heterocycles. The van der Waals surface area contributed by atoms with E-state index in [1.54, 1.807) is 0 Å². The topological polar surface area (TPSA) is 0 Å². The molecule has 0 nitrogen and oxygen atoms in total. The largest absolute Gasteiger partial charge is 0.0882 e. The van der Waals surface area contributed by atoms with Gasteiger partial charge in [0.05, 0.1) is 0 Å². The maximum atomic E-state index is 2.42. The number of hydrogen-bond acceptors (Lipinski definition) is 0. The maximum Gasteiger partial charge on any atom is -0.0169 e. The van der Waals surface area contributed by atoms with Crippen LogP contribution in [-0.4, -0.2) is 0 Å². The molecule has 1 unspecified atom stereocenters. The molecule has 0 spiro atoms. The lowest BCUT2D eigenvalue weighted by Crippen LogP contribution is -1.94. The van der Waals surface area contributed by atoms with Gasteiger partial charge in [0.15, 0.2) is 0 Å². The van der Waals surface area contributed by atoms with Gasteiger partial charge in [0.1, 0.15) is 0 Å². The molecule has 22 heavy (non-hydrogen) atoms. The third-order valence-electron chi connectivity index (χ3n) is 4.38. The highest BCUT2D eigenvalue weighted by Gasteiger charge is 2.01. The van der Waals surface area contributed by atoms with Crippen LogP contribution in [0.25, 0.3) is 0 Å². The van der Waals surface area contributed by atoms with Crippen molar-refractivity contribution in [2.75, 3.05) is 0 Å². The summed E-state index contributed by atoms with van der Waals surface area (Å²) in [6.45, 7) is 9.34. The molecule has 0 heteroatoms. The molecule has 0 radical (unpaired) electrons. The van der Waals surface area contributed by atoms with Crippen LogP contribution in [0.15, 0.2) is 24.3 Å². The van der Waals surface area contributed by atoms with Gasteiger partial charge in [-0.05, 0) is 43.9 Å². The molecule has 0 bridgehead atoms. The van der Waals surface area contributed by atoms with Crippen molar-refractivity contribution in [2.45, 2.75) is 105 Å². The van der Waals surface area contributed by atoms with Crippen LogP contribution in [0.4, 0.5) is 0 Å². The van der Waals surface area contributed by atoms with Crippen LogP contribution in [-0.2, 0) is 0 Å². The Bertz CT molecular complexity index is 259. The van der Waals surface area contributed by atoms with E-state index < -0.39 is 0 Å². The van der Waals surface area contributed by atoms with Gasteiger partial charge in [-0.1, -0.05) is 96.9 Å². The molecule has 1 atom stereocenters. The second-order valence-electron chi connectivity index (χ2n) is 7.39. The first kappa shape index (κ1) is 21.5. The number of hydrogen-bond donors (Lipinski definition) is 0. The summed E-state index contributed by atoms with van der Waals surface area (Å²) in [5.41, 5.74) is 0. The Labute approximate surface area is 141 Å². The Morgan fingerprint density at radius 2 is 1.32 bits per heavy atom. The Kier molecular flexibility index (Phi) is 16.4. The molecular weight excluding hydrogens is 264 g/mol. The fourth-order valence-electron chi connectivity index (χ4n) is 2.77. The van der Waals surface area contributed by atoms with Crippen LogP contribution >= 0.6 is 0 Å². The molecule has 0 rings (SSSR count). The molecule has 0 amide bonds. The van der Waals surface area contributed by atoms with Crippen molar-refractivity contribution >= 4 is 0 Å². The molecular formula is C22H42. The first-order valence-corrected chi connectivity index (χ1v) is 9.96. The minimum Gasteiger partial charge on any atom is -0.0882 e. The van der Waals surface area contributed by atoms with Crippen LogP contribution in [0.2, 0.25) is 0 Å². The highest BCUT2D eigenvalue weighted by Crippen LogP contribution is 2.17. The smallest absolute Gasteiger partial charge is 0.0169 e. The SMILES string of the molecule is CCCCCC=CCC=CCCC(C)CCCCCC(C)C. The molecule has 0 heterocycles. The van der Waals surface area contributed by atoms with Gasteiger partial charge in [0.2, 0.25) is 0 Å². The van der Waals surface area contributed by atoms with E-state index in [-0.39, 0.29) is 0 Å². The van der Waals surface area contributed by atoms with Gasteiger partial charge in [-0.25, -0.2) is 0 Å². The summed E-state index contributed by atoms with van der Waals surface area (Å²) in [6.07, 6.45) is 25.6. The Balaban J connectivity index is 3.36. The first-order chi connectivity index (χ1) is 10.7. The lowest BCUT2D eigenvalue weighted by atomic mass is 9.96. The van der Waals surface area contributed by atoms with Gasteiger partial charge < -0.3 is 0 Å². The van der Waals surface area contributed by atoms with Gasteiger partial charge in [-0.2, -0.15) is 0 Å². The highest BCUT2D eigenvalue weighted by atomic mass is 14.1. The van der Waals surface area contributed by atoms with E-state index in [4.69, 9.17) is 0 Å². The Hall–Kier alpha value is -0.520. The zero-order valence-corrected chi connectivity index (χ0v) is 15.9. The summed E-state index contributed by atoms with van der Waals surface area (Å²) in [7, 11) is 0. The summed E-state index contributed by atoms with van der Waals surface area (Å²) in [5.74, 6) is 1.77. The van der Waals surface area contributed by atoms with Crippen molar-refractivity contribution in [3.8, 4) is 0 Å². The van der Waals surface area contributed by atoms with E-state index in [1.165, 1.54) is 70.6 Å². The van der Waals surface area contributed by atoms with Gasteiger partial charge in [-0.3, -0.25) is 0 Å². The maximum absolute atomic E-state index is 2.42. The summed E-state index contributed by atoms with van der Waals surface area (Å²) in [6, 6.07) is 0. The molecule has 0 aliphatic rings. The van der Waals surface area contributed by atoms with E-state index in [0.717, 1.165) is 18.3 Å². The van der Waals surface area contributed by atoms with E-state index >= 15 is 0 Å². The summed E-state index contributed by atoms with van der Waals surface area (Å²) < 4.78 is 0. The van der Waals surface area contributed by atoms with Crippen LogP contribution in [0.1, 0.15) is 105 Å². The third-order valence-corrected chi connectivity index (χ3v) is 4.38. The van der Waals surface area contributed by atoms with Crippen molar-refractivity contribution in [3.63, 3.8) is 0 Å². The number of allylic oxidation sites excluding steroid dienone is 4. The lowest BCUT2D eigenvalue weighted by Gasteiger charge is -2.10. The lowest BCUT2D eigenvalue weighted by molar-refractivity contribution is 0.448. The molecule has 0 aromatic heterocycles. The minimum absolute atomic E-state index is 0.878. The van der Waals surface area contributed by atoms with Crippen LogP contribution in [0, 0.1) is 11.8 Å². The third kappa shape index (κ3) is 17.5. The average molecular weight is 307 g/mol. The van der Waals surface area contributed by atoms with Crippen LogP contribution in [0.3, 0.4) is 0 Å².